The van der Waals surface area contributed by atoms with Crippen molar-refractivity contribution in [3.05, 3.63) is 29.6 Å². The van der Waals surface area contributed by atoms with Crippen LogP contribution in [0.3, 0.4) is 0 Å². The lowest BCUT2D eigenvalue weighted by Crippen LogP contribution is -2.51. The largest absolute Gasteiger partial charge is 0.363 e. The molecule has 0 bridgehead atoms. The number of halogens is 1. The molecule has 5 heteroatoms. The van der Waals surface area contributed by atoms with Crippen LogP contribution in [0.2, 0.25) is 0 Å². The van der Waals surface area contributed by atoms with Crippen molar-refractivity contribution < 1.29 is 14.0 Å². The van der Waals surface area contributed by atoms with E-state index in [2.05, 4.69) is 5.32 Å². The van der Waals surface area contributed by atoms with Crippen LogP contribution in [0.1, 0.15) is 39.2 Å². The standard InChI is InChI=1S/C16H21FN2O2/c1-16(2,3)11-6-5-10(9-12(11)17)19(4)13-7-8-14(20)18-15(13)21/h5-6,9,13H,7-8H2,1-4H3,(H,18,20,21). The number of nitrogens with zero attached hydrogens (tertiary/aromatic N) is 1. The molecule has 4 nitrogen and oxygen atoms in total. The number of nitrogens with one attached hydrogen (secondary N) is 1. The quantitative estimate of drug-likeness (QED) is 0.851. The third-order valence-electron chi connectivity index (χ3n) is 3.85. The number of amides is 2. The van der Waals surface area contributed by atoms with Crippen molar-refractivity contribution in [3.8, 4) is 0 Å². The summed E-state index contributed by atoms with van der Waals surface area (Å²) in [5.74, 6) is -0.855. The average molecular weight is 292 g/mol. The first kappa shape index (κ1) is 15.5. The second-order valence-electron chi connectivity index (χ2n) is 6.49. The van der Waals surface area contributed by atoms with Crippen molar-refractivity contribution >= 4 is 17.5 Å². The smallest absolute Gasteiger partial charge is 0.249 e. The summed E-state index contributed by atoms with van der Waals surface area (Å²) in [6.45, 7) is 5.86. The van der Waals surface area contributed by atoms with Gasteiger partial charge in [0.05, 0.1) is 0 Å². The Morgan fingerprint density at radius 3 is 2.48 bits per heavy atom. The topological polar surface area (TPSA) is 49.4 Å². The zero-order valence-electron chi connectivity index (χ0n) is 12.9. The van der Waals surface area contributed by atoms with E-state index in [-0.39, 0.29) is 23.0 Å². The van der Waals surface area contributed by atoms with E-state index in [1.165, 1.54) is 6.07 Å². The molecular formula is C16H21FN2O2. The van der Waals surface area contributed by atoms with Crippen molar-refractivity contribution in [2.75, 3.05) is 11.9 Å². The molecule has 1 fully saturated rings. The number of piperidine rings is 1. The number of rotatable bonds is 2. The number of imide groups is 1. The Bertz CT molecular complexity index is 578. The van der Waals surface area contributed by atoms with Crippen LogP contribution in [0.15, 0.2) is 18.2 Å². The Labute approximate surface area is 124 Å². The van der Waals surface area contributed by atoms with Gasteiger partial charge in [-0.25, -0.2) is 4.39 Å². The molecule has 2 amide bonds. The predicted molar refractivity (Wildman–Crippen MR) is 79.7 cm³/mol. The molecular weight excluding hydrogens is 271 g/mol. The SMILES string of the molecule is CN(c1ccc(C(C)(C)C)c(F)c1)C1CCC(=O)NC1=O. The number of anilines is 1. The van der Waals surface area contributed by atoms with Gasteiger partial charge in [-0.2, -0.15) is 0 Å². The molecule has 0 spiro atoms. The van der Waals surface area contributed by atoms with Gasteiger partial charge in [-0.05, 0) is 29.5 Å². The highest BCUT2D eigenvalue weighted by molar-refractivity contribution is 6.01. The molecule has 21 heavy (non-hydrogen) atoms. The minimum atomic E-state index is -0.442. The molecule has 114 valence electrons. The number of hydrogen-bond donors (Lipinski definition) is 1. The van der Waals surface area contributed by atoms with Gasteiger partial charge in [-0.15, -0.1) is 0 Å². The lowest BCUT2D eigenvalue weighted by Gasteiger charge is -2.32. The van der Waals surface area contributed by atoms with E-state index in [1.54, 1.807) is 18.0 Å². The summed E-state index contributed by atoms with van der Waals surface area (Å²) in [6.07, 6.45) is 0.757. The Morgan fingerprint density at radius 1 is 1.29 bits per heavy atom. The van der Waals surface area contributed by atoms with Crippen LogP contribution < -0.4 is 10.2 Å². The van der Waals surface area contributed by atoms with Crippen molar-refractivity contribution in [2.24, 2.45) is 0 Å². The summed E-state index contributed by atoms with van der Waals surface area (Å²) in [5.41, 5.74) is 1.01. The molecule has 1 aromatic carbocycles. The molecule has 1 aliphatic rings. The van der Waals surface area contributed by atoms with Gasteiger partial charge in [0, 0.05) is 19.2 Å². The van der Waals surface area contributed by atoms with E-state index in [4.69, 9.17) is 0 Å². The first-order chi connectivity index (χ1) is 9.70. The fourth-order valence-electron chi connectivity index (χ4n) is 2.56. The normalized spacial score (nSPS) is 19.4. The first-order valence-corrected chi connectivity index (χ1v) is 7.06. The van der Waals surface area contributed by atoms with Crippen LogP contribution in [-0.2, 0) is 15.0 Å². The highest BCUT2D eigenvalue weighted by atomic mass is 19.1. The summed E-state index contributed by atoms with van der Waals surface area (Å²) >= 11 is 0. The van der Waals surface area contributed by atoms with E-state index in [9.17, 15) is 14.0 Å². The third kappa shape index (κ3) is 3.23. The zero-order chi connectivity index (χ0) is 15.8. The van der Waals surface area contributed by atoms with Crippen LogP contribution in [0.4, 0.5) is 10.1 Å². The number of likely N-dealkylation sites (N-methyl/N-ethyl adjacent to an activating group) is 1. The van der Waals surface area contributed by atoms with Gasteiger partial charge in [0.15, 0.2) is 0 Å². The van der Waals surface area contributed by atoms with Gasteiger partial charge < -0.3 is 4.90 Å². The summed E-state index contributed by atoms with van der Waals surface area (Å²) in [6, 6.07) is 4.58. The van der Waals surface area contributed by atoms with Crippen LogP contribution in [0, 0.1) is 5.82 Å². The van der Waals surface area contributed by atoms with Gasteiger partial charge >= 0.3 is 0 Å². The Balaban J connectivity index is 2.24. The Hall–Kier alpha value is -1.91. The zero-order valence-corrected chi connectivity index (χ0v) is 12.9. The molecule has 1 atom stereocenters. The van der Waals surface area contributed by atoms with E-state index >= 15 is 0 Å². The first-order valence-electron chi connectivity index (χ1n) is 7.06. The van der Waals surface area contributed by atoms with Gasteiger partial charge in [0.1, 0.15) is 11.9 Å². The van der Waals surface area contributed by atoms with E-state index in [0.29, 0.717) is 24.1 Å². The maximum Gasteiger partial charge on any atom is 0.249 e. The fraction of sp³-hybridized carbons (Fsp3) is 0.500. The van der Waals surface area contributed by atoms with Crippen LogP contribution in [0.25, 0.3) is 0 Å². The summed E-state index contributed by atoms with van der Waals surface area (Å²) in [4.78, 5) is 24.8. The molecule has 1 saturated heterocycles. The predicted octanol–water partition coefficient (Wildman–Crippen LogP) is 2.36. The van der Waals surface area contributed by atoms with Gasteiger partial charge in [-0.3, -0.25) is 14.9 Å². The lowest BCUT2D eigenvalue weighted by molar-refractivity contribution is -0.134. The molecule has 1 unspecified atom stereocenters. The minimum Gasteiger partial charge on any atom is -0.363 e. The van der Waals surface area contributed by atoms with Crippen molar-refractivity contribution in [1.29, 1.82) is 0 Å². The number of carbonyl (C=O) groups is 2. The molecule has 0 radical (unpaired) electrons. The molecule has 1 aromatic rings. The summed E-state index contributed by atoms with van der Waals surface area (Å²) < 4.78 is 14.3. The Kier molecular flexibility index (Phi) is 4.03. The van der Waals surface area contributed by atoms with Crippen LogP contribution in [-0.4, -0.2) is 24.9 Å². The van der Waals surface area contributed by atoms with Crippen molar-refractivity contribution in [3.63, 3.8) is 0 Å². The van der Waals surface area contributed by atoms with E-state index in [1.807, 2.05) is 26.8 Å². The third-order valence-corrected chi connectivity index (χ3v) is 3.85. The van der Waals surface area contributed by atoms with E-state index < -0.39 is 6.04 Å². The summed E-state index contributed by atoms with van der Waals surface area (Å²) in [7, 11) is 1.74. The second kappa shape index (κ2) is 5.47. The number of carbonyl (C=O) groups excluding carboxylic acids is 2. The maximum absolute atomic E-state index is 14.3. The molecule has 0 aliphatic carbocycles. The minimum absolute atomic E-state index is 0.251. The number of benzene rings is 1. The van der Waals surface area contributed by atoms with Gasteiger partial charge in [-0.1, -0.05) is 26.8 Å². The van der Waals surface area contributed by atoms with Crippen molar-refractivity contribution in [2.45, 2.75) is 45.1 Å². The lowest BCUT2D eigenvalue weighted by atomic mass is 9.86. The van der Waals surface area contributed by atoms with Gasteiger partial charge in [0.2, 0.25) is 11.8 Å². The second-order valence-corrected chi connectivity index (χ2v) is 6.49. The van der Waals surface area contributed by atoms with Crippen LogP contribution >= 0.6 is 0 Å². The Morgan fingerprint density at radius 2 is 1.95 bits per heavy atom. The summed E-state index contributed by atoms with van der Waals surface area (Å²) in [5, 5.41) is 2.32. The molecule has 1 heterocycles. The molecule has 1 N–H and O–H groups in total. The van der Waals surface area contributed by atoms with Gasteiger partial charge in [0.25, 0.3) is 0 Å². The highest BCUT2D eigenvalue weighted by Crippen LogP contribution is 2.29. The number of hydrogen-bond acceptors (Lipinski definition) is 3. The molecule has 0 saturated carbocycles. The molecule has 2 rings (SSSR count). The fourth-order valence-corrected chi connectivity index (χ4v) is 2.56. The molecule has 0 aromatic heterocycles. The molecule has 1 aliphatic heterocycles. The van der Waals surface area contributed by atoms with Crippen LogP contribution in [0.5, 0.6) is 0 Å². The monoisotopic (exact) mass is 292 g/mol. The maximum atomic E-state index is 14.3. The van der Waals surface area contributed by atoms with Crippen molar-refractivity contribution in [1.82, 2.24) is 5.32 Å². The van der Waals surface area contributed by atoms with E-state index in [0.717, 1.165) is 0 Å². The highest BCUT2D eigenvalue weighted by Gasteiger charge is 2.30. The average Bonchev–Trinajstić information content (AvgIpc) is 2.36.